The predicted octanol–water partition coefficient (Wildman–Crippen LogP) is 2.01. The van der Waals surface area contributed by atoms with Crippen LogP contribution < -0.4 is 5.32 Å². The van der Waals surface area contributed by atoms with Gasteiger partial charge < -0.3 is 15.2 Å². The summed E-state index contributed by atoms with van der Waals surface area (Å²) in [5.74, 6) is 0.438. The number of likely N-dealkylation sites (tertiary alicyclic amines) is 1. The van der Waals surface area contributed by atoms with Crippen LogP contribution in [0.4, 0.5) is 0 Å². The maximum absolute atomic E-state index is 10.2. The summed E-state index contributed by atoms with van der Waals surface area (Å²) in [5, 5.41) is 13.9. The summed E-state index contributed by atoms with van der Waals surface area (Å²) < 4.78 is 6.37. The zero-order valence-corrected chi connectivity index (χ0v) is 14.7. The lowest BCUT2D eigenvalue weighted by molar-refractivity contribution is -0.0796. The van der Waals surface area contributed by atoms with Crippen LogP contribution in [0, 0.1) is 5.92 Å². The number of β-amino-alcohol motifs (C(OH)–C–C–N with tert-alkyl or cyclic N) is 1. The molecule has 4 nitrogen and oxygen atoms in total. The van der Waals surface area contributed by atoms with Crippen LogP contribution in [0.5, 0.6) is 0 Å². The van der Waals surface area contributed by atoms with E-state index in [1.165, 1.54) is 0 Å². The van der Waals surface area contributed by atoms with Crippen LogP contribution in [0.2, 0.25) is 0 Å². The Hall–Kier alpha value is -0.160. The summed E-state index contributed by atoms with van der Waals surface area (Å²) in [5.41, 5.74) is -0.805. The molecule has 2 fully saturated rings. The Morgan fingerprint density at radius 2 is 1.86 bits per heavy atom. The number of hydrogen-bond acceptors (Lipinski definition) is 4. The van der Waals surface area contributed by atoms with Gasteiger partial charge in [0.15, 0.2) is 0 Å². The molecule has 0 aromatic heterocycles. The van der Waals surface area contributed by atoms with E-state index in [0.29, 0.717) is 12.0 Å². The van der Waals surface area contributed by atoms with Crippen LogP contribution >= 0.6 is 0 Å². The summed E-state index contributed by atoms with van der Waals surface area (Å²) in [6.07, 6.45) is 2.01. The van der Waals surface area contributed by atoms with E-state index >= 15 is 0 Å². The molecule has 2 rings (SSSR count). The van der Waals surface area contributed by atoms with Gasteiger partial charge in [0.25, 0.3) is 0 Å². The Balaban J connectivity index is 2.09. The van der Waals surface area contributed by atoms with Crippen LogP contribution in [0.1, 0.15) is 54.4 Å². The van der Waals surface area contributed by atoms with E-state index < -0.39 is 5.60 Å². The topological polar surface area (TPSA) is 44.7 Å². The lowest BCUT2D eigenvalue weighted by Gasteiger charge is -2.33. The fourth-order valence-corrected chi connectivity index (χ4v) is 4.19. The SMILES string of the molecule is CCCNC1C(CN2CCC(C)(O)C2)C(C)(C)OC1(C)C. The number of hydrogen-bond donors (Lipinski definition) is 2. The molecule has 3 unspecified atom stereocenters. The van der Waals surface area contributed by atoms with Crippen molar-refractivity contribution in [2.75, 3.05) is 26.2 Å². The predicted molar refractivity (Wildman–Crippen MR) is 86.5 cm³/mol. The Bertz CT molecular complexity index is 366. The summed E-state index contributed by atoms with van der Waals surface area (Å²) in [6, 6.07) is 0.359. The van der Waals surface area contributed by atoms with Crippen molar-refractivity contribution in [3.8, 4) is 0 Å². The van der Waals surface area contributed by atoms with Gasteiger partial charge in [0.05, 0.1) is 16.8 Å². The van der Waals surface area contributed by atoms with E-state index in [1.54, 1.807) is 0 Å². The van der Waals surface area contributed by atoms with E-state index in [-0.39, 0.29) is 11.2 Å². The van der Waals surface area contributed by atoms with Gasteiger partial charge in [-0.1, -0.05) is 6.92 Å². The van der Waals surface area contributed by atoms with Crippen molar-refractivity contribution in [2.24, 2.45) is 5.92 Å². The summed E-state index contributed by atoms with van der Waals surface area (Å²) >= 11 is 0. The molecule has 0 radical (unpaired) electrons. The largest absolute Gasteiger partial charge is 0.389 e. The van der Waals surface area contributed by atoms with Crippen LogP contribution in [-0.2, 0) is 4.74 Å². The molecule has 21 heavy (non-hydrogen) atoms. The van der Waals surface area contributed by atoms with Crippen molar-refractivity contribution in [3.63, 3.8) is 0 Å². The number of aliphatic hydroxyl groups is 1. The quantitative estimate of drug-likeness (QED) is 0.815. The first-order valence-corrected chi connectivity index (χ1v) is 8.46. The van der Waals surface area contributed by atoms with Crippen molar-refractivity contribution in [1.29, 1.82) is 0 Å². The summed E-state index contributed by atoms with van der Waals surface area (Å²) in [6.45, 7) is 16.7. The molecule has 3 atom stereocenters. The second-order valence-electron chi connectivity index (χ2n) is 8.33. The lowest BCUT2D eigenvalue weighted by Crippen LogP contribution is -2.51. The Labute approximate surface area is 130 Å². The molecule has 0 aromatic rings. The molecule has 4 heteroatoms. The average Bonchev–Trinajstić information content (AvgIpc) is 2.73. The van der Waals surface area contributed by atoms with Crippen LogP contribution in [0.15, 0.2) is 0 Å². The van der Waals surface area contributed by atoms with Gasteiger partial charge in [0.1, 0.15) is 0 Å². The number of nitrogens with one attached hydrogen (secondary N) is 1. The van der Waals surface area contributed by atoms with Gasteiger partial charge in [-0.05, 0) is 54.0 Å². The molecule has 2 aliphatic heterocycles. The van der Waals surface area contributed by atoms with Crippen molar-refractivity contribution in [2.45, 2.75) is 77.2 Å². The van der Waals surface area contributed by atoms with E-state index in [0.717, 1.165) is 39.0 Å². The smallest absolute Gasteiger partial charge is 0.0790 e. The van der Waals surface area contributed by atoms with Crippen molar-refractivity contribution in [3.05, 3.63) is 0 Å². The molecule has 124 valence electrons. The van der Waals surface area contributed by atoms with Crippen molar-refractivity contribution < 1.29 is 9.84 Å². The van der Waals surface area contributed by atoms with Crippen molar-refractivity contribution in [1.82, 2.24) is 10.2 Å². The number of rotatable bonds is 5. The van der Waals surface area contributed by atoms with Gasteiger partial charge in [-0.3, -0.25) is 4.90 Å². The molecule has 2 aliphatic rings. The minimum Gasteiger partial charge on any atom is -0.389 e. The van der Waals surface area contributed by atoms with E-state index in [9.17, 15) is 5.11 Å². The van der Waals surface area contributed by atoms with Gasteiger partial charge in [0, 0.05) is 31.6 Å². The van der Waals surface area contributed by atoms with Crippen LogP contribution in [0.25, 0.3) is 0 Å². The van der Waals surface area contributed by atoms with Gasteiger partial charge in [-0.25, -0.2) is 0 Å². The lowest BCUT2D eigenvalue weighted by atomic mass is 9.82. The first-order chi connectivity index (χ1) is 9.57. The minimum absolute atomic E-state index is 0.136. The Kier molecular flexibility index (Phi) is 4.75. The van der Waals surface area contributed by atoms with E-state index in [4.69, 9.17) is 4.74 Å². The third kappa shape index (κ3) is 3.79. The first kappa shape index (κ1) is 17.2. The molecule has 0 aliphatic carbocycles. The third-order valence-electron chi connectivity index (χ3n) is 5.17. The van der Waals surface area contributed by atoms with Crippen molar-refractivity contribution >= 4 is 0 Å². The second-order valence-corrected chi connectivity index (χ2v) is 8.33. The molecule has 2 N–H and O–H groups in total. The summed E-state index contributed by atoms with van der Waals surface area (Å²) in [4.78, 5) is 2.40. The highest BCUT2D eigenvalue weighted by Crippen LogP contribution is 2.43. The van der Waals surface area contributed by atoms with Gasteiger partial charge in [0.2, 0.25) is 0 Å². The molecular formula is C17H34N2O2. The average molecular weight is 298 g/mol. The number of nitrogens with zero attached hydrogens (tertiary/aromatic N) is 1. The highest BCUT2D eigenvalue weighted by atomic mass is 16.5. The summed E-state index contributed by atoms with van der Waals surface area (Å²) in [7, 11) is 0. The fourth-order valence-electron chi connectivity index (χ4n) is 4.19. The Morgan fingerprint density at radius 1 is 1.19 bits per heavy atom. The minimum atomic E-state index is -0.522. The maximum Gasteiger partial charge on any atom is 0.0790 e. The zero-order chi connectivity index (χ0) is 15.9. The molecule has 0 bridgehead atoms. The molecule has 2 saturated heterocycles. The normalized spacial score (nSPS) is 39.0. The van der Waals surface area contributed by atoms with Gasteiger partial charge in [-0.2, -0.15) is 0 Å². The highest BCUT2D eigenvalue weighted by molar-refractivity contribution is 5.06. The Morgan fingerprint density at radius 3 is 2.38 bits per heavy atom. The molecular weight excluding hydrogens is 264 g/mol. The molecule has 0 saturated carbocycles. The highest BCUT2D eigenvalue weighted by Gasteiger charge is 2.54. The van der Waals surface area contributed by atoms with Gasteiger partial charge >= 0.3 is 0 Å². The maximum atomic E-state index is 10.2. The molecule has 0 aromatic carbocycles. The molecule has 0 spiro atoms. The fraction of sp³-hybridized carbons (Fsp3) is 1.00. The van der Waals surface area contributed by atoms with E-state index in [1.807, 2.05) is 6.92 Å². The van der Waals surface area contributed by atoms with E-state index in [2.05, 4.69) is 44.8 Å². The third-order valence-corrected chi connectivity index (χ3v) is 5.17. The first-order valence-electron chi connectivity index (χ1n) is 8.46. The zero-order valence-electron chi connectivity index (χ0n) is 14.7. The van der Waals surface area contributed by atoms with Crippen LogP contribution in [-0.4, -0.2) is 59.0 Å². The molecule has 0 amide bonds. The van der Waals surface area contributed by atoms with Crippen LogP contribution in [0.3, 0.4) is 0 Å². The number of ether oxygens (including phenoxy) is 1. The standard InChI is InChI=1S/C17H34N2O2/c1-7-9-18-14-13(15(2,3)21-16(14,4)5)11-19-10-8-17(6,20)12-19/h13-14,18,20H,7-12H2,1-6H3. The second kappa shape index (κ2) is 5.80. The van der Waals surface area contributed by atoms with Gasteiger partial charge in [-0.15, -0.1) is 0 Å². The molecule has 2 heterocycles. The monoisotopic (exact) mass is 298 g/mol.